The van der Waals surface area contributed by atoms with Crippen molar-refractivity contribution in [1.29, 1.82) is 0 Å². The summed E-state index contributed by atoms with van der Waals surface area (Å²) in [5, 5.41) is 8.94. The van der Waals surface area contributed by atoms with Gasteiger partial charge in [-0.05, 0) is 23.8 Å². The number of hydrogen-bond donors (Lipinski definition) is 3. The Morgan fingerprint density at radius 2 is 2.15 bits per heavy atom. The molecule has 0 radical (unpaired) electrons. The van der Waals surface area contributed by atoms with Crippen LogP contribution in [0.25, 0.3) is 0 Å². The Labute approximate surface area is 117 Å². The van der Waals surface area contributed by atoms with Gasteiger partial charge in [-0.15, -0.1) is 0 Å². The molecule has 0 amide bonds. The molecule has 6 nitrogen and oxygen atoms in total. The fourth-order valence-corrected chi connectivity index (χ4v) is 2.84. The maximum Gasteiger partial charge on any atom is 0.263 e. The van der Waals surface area contributed by atoms with Gasteiger partial charge in [0.25, 0.3) is 10.0 Å². The number of rotatable bonds is 6. The lowest BCUT2D eigenvalue weighted by Crippen LogP contribution is -2.12. The molecular formula is C13H16N2O4S. The monoisotopic (exact) mass is 296 g/mol. The number of H-pyrrole nitrogens is 1. The van der Waals surface area contributed by atoms with Crippen LogP contribution in [0.5, 0.6) is 0 Å². The van der Waals surface area contributed by atoms with Crippen molar-refractivity contribution >= 4 is 15.7 Å². The lowest BCUT2D eigenvalue weighted by molar-refractivity contribution is 0.185. The minimum Gasteiger partial charge on any atom is -0.390 e. The molecule has 1 aromatic carbocycles. The van der Waals surface area contributed by atoms with Gasteiger partial charge in [0.1, 0.15) is 4.90 Å². The predicted molar refractivity (Wildman–Crippen MR) is 74.7 cm³/mol. The van der Waals surface area contributed by atoms with Crippen molar-refractivity contribution in [3.8, 4) is 0 Å². The average Bonchev–Trinajstić information content (AvgIpc) is 2.88. The number of benzene rings is 1. The van der Waals surface area contributed by atoms with E-state index < -0.39 is 10.0 Å². The molecule has 0 unspecified atom stereocenters. The molecular weight excluding hydrogens is 280 g/mol. The molecule has 7 heteroatoms. The summed E-state index contributed by atoms with van der Waals surface area (Å²) >= 11 is 0. The lowest BCUT2D eigenvalue weighted by Gasteiger charge is -2.08. The summed E-state index contributed by atoms with van der Waals surface area (Å²) in [5.74, 6) is 0. The number of methoxy groups -OCH3 is 1. The normalized spacial score (nSPS) is 11.5. The van der Waals surface area contributed by atoms with E-state index in [0.717, 1.165) is 5.56 Å². The number of hydrogen-bond acceptors (Lipinski definition) is 4. The summed E-state index contributed by atoms with van der Waals surface area (Å²) in [7, 11) is -2.09. The van der Waals surface area contributed by atoms with Gasteiger partial charge in [0.05, 0.1) is 13.2 Å². The second-order valence-electron chi connectivity index (χ2n) is 4.26. The van der Waals surface area contributed by atoms with Crippen LogP contribution < -0.4 is 4.72 Å². The summed E-state index contributed by atoms with van der Waals surface area (Å²) in [6, 6.07) is 8.36. The molecule has 108 valence electrons. The van der Waals surface area contributed by atoms with Crippen LogP contribution in [0.3, 0.4) is 0 Å². The number of aliphatic hydroxyl groups is 1. The minimum atomic E-state index is -3.67. The molecule has 2 rings (SSSR count). The van der Waals surface area contributed by atoms with Crippen LogP contribution in [0.2, 0.25) is 0 Å². The molecule has 0 bridgehead atoms. The second-order valence-corrected chi connectivity index (χ2v) is 5.94. The predicted octanol–water partition coefficient (Wildman–Crippen LogP) is 1.45. The van der Waals surface area contributed by atoms with Gasteiger partial charge in [0.2, 0.25) is 0 Å². The first-order chi connectivity index (χ1) is 9.55. The summed E-state index contributed by atoms with van der Waals surface area (Å²) in [6.45, 7) is 0.174. The Bertz CT molecular complexity index is 679. The van der Waals surface area contributed by atoms with Gasteiger partial charge < -0.3 is 14.8 Å². The molecule has 0 spiro atoms. The Hall–Kier alpha value is -1.83. The van der Waals surface area contributed by atoms with Crippen molar-refractivity contribution in [1.82, 2.24) is 4.98 Å². The summed E-state index contributed by atoms with van der Waals surface area (Å²) < 4.78 is 31.8. The summed E-state index contributed by atoms with van der Waals surface area (Å²) in [6.07, 6.45) is 1.34. The van der Waals surface area contributed by atoms with E-state index in [9.17, 15) is 8.42 Å². The first-order valence-corrected chi connectivity index (χ1v) is 7.42. The molecule has 3 N–H and O–H groups in total. The van der Waals surface area contributed by atoms with Gasteiger partial charge in [-0.3, -0.25) is 4.72 Å². The van der Waals surface area contributed by atoms with E-state index >= 15 is 0 Å². The zero-order valence-electron chi connectivity index (χ0n) is 11.0. The van der Waals surface area contributed by atoms with Crippen LogP contribution in [-0.4, -0.2) is 25.6 Å². The highest BCUT2D eigenvalue weighted by molar-refractivity contribution is 7.92. The van der Waals surface area contributed by atoms with Gasteiger partial charge in [-0.25, -0.2) is 8.42 Å². The molecule has 2 aromatic rings. The fraction of sp³-hybridized carbons (Fsp3) is 0.231. The molecule has 20 heavy (non-hydrogen) atoms. The smallest absolute Gasteiger partial charge is 0.263 e. The number of aromatic nitrogens is 1. The van der Waals surface area contributed by atoms with E-state index in [-0.39, 0.29) is 11.5 Å². The maximum atomic E-state index is 12.2. The molecule has 0 saturated carbocycles. The number of aromatic amines is 1. The third-order valence-corrected chi connectivity index (χ3v) is 4.05. The summed E-state index contributed by atoms with van der Waals surface area (Å²) in [5.41, 5.74) is 1.78. The van der Waals surface area contributed by atoms with Crippen LogP contribution in [0.4, 0.5) is 5.69 Å². The van der Waals surface area contributed by atoms with Crippen molar-refractivity contribution < 1.29 is 18.3 Å². The van der Waals surface area contributed by atoms with E-state index in [4.69, 9.17) is 9.84 Å². The van der Waals surface area contributed by atoms with E-state index in [0.29, 0.717) is 18.0 Å². The molecule has 0 aliphatic rings. The van der Waals surface area contributed by atoms with Crippen molar-refractivity contribution in [2.24, 2.45) is 0 Å². The van der Waals surface area contributed by atoms with Crippen LogP contribution >= 0.6 is 0 Å². The van der Waals surface area contributed by atoms with Crippen LogP contribution in [0.15, 0.2) is 41.4 Å². The van der Waals surface area contributed by atoms with Gasteiger partial charge in [0.15, 0.2) is 0 Å². The number of aliphatic hydroxyl groups excluding tert-OH is 1. The van der Waals surface area contributed by atoms with Crippen molar-refractivity contribution in [2.45, 2.75) is 18.1 Å². The highest BCUT2D eigenvalue weighted by Crippen LogP contribution is 2.18. The summed E-state index contributed by atoms with van der Waals surface area (Å²) in [4.78, 5) is 2.77. The quantitative estimate of drug-likeness (QED) is 0.752. The van der Waals surface area contributed by atoms with Crippen molar-refractivity contribution in [3.63, 3.8) is 0 Å². The highest BCUT2D eigenvalue weighted by Gasteiger charge is 2.16. The van der Waals surface area contributed by atoms with Crippen molar-refractivity contribution in [3.05, 3.63) is 47.8 Å². The Kier molecular flexibility index (Phi) is 4.43. The Morgan fingerprint density at radius 1 is 1.35 bits per heavy atom. The van der Waals surface area contributed by atoms with Crippen LogP contribution in [-0.2, 0) is 28.0 Å². The number of anilines is 1. The topological polar surface area (TPSA) is 91.4 Å². The van der Waals surface area contributed by atoms with E-state index in [1.807, 2.05) is 6.07 Å². The van der Waals surface area contributed by atoms with Gasteiger partial charge in [-0.2, -0.15) is 0 Å². The molecule has 1 aromatic heterocycles. The first kappa shape index (κ1) is 14.6. The standard InChI is InChI=1S/C13H16N2O4S/c1-19-9-10-3-2-4-11(5-10)15-20(17,18)13-6-12(8-16)14-7-13/h2-7,14-16H,8-9H2,1H3. The third kappa shape index (κ3) is 3.38. The van der Waals surface area contributed by atoms with E-state index in [2.05, 4.69) is 9.71 Å². The largest absolute Gasteiger partial charge is 0.390 e. The Morgan fingerprint density at radius 3 is 2.80 bits per heavy atom. The van der Waals surface area contributed by atoms with E-state index in [1.54, 1.807) is 25.3 Å². The molecule has 0 fully saturated rings. The molecule has 0 atom stereocenters. The molecule has 1 heterocycles. The van der Waals surface area contributed by atoms with Crippen LogP contribution in [0.1, 0.15) is 11.3 Å². The first-order valence-electron chi connectivity index (χ1n) is 5.94. The molecule has 0 aliphatic carbocycles. The van der Waals surface area contributed by atoms with Gasteiger partial charge in [-0.1, -0.05) is 12.1 Å². The van der Waals surface area contributed by atoms with Gasteiger partial charge >= 0.3 is 0 Å². The molecule has 0 aliphatic heterocycles. The maximum absolute atomic E-state index is 12.2. The average molecular weight is 296 g/mol. The fourth-order valence-electron chi connectivity index (χ4n) is 1.77. The van der Waals surface area contributed by atoms with Crippen molar-refractivity contribution in [2.75, 3.05) is 11.8 Å². The minimum absolute atomic E-state index is 0.0821. The third-order valence-electron chi connectivity index (χ3n) is 2.69. The second kappa shape index (κ2) is 6.08. The Balaban J connectivity index is 2.21. The van der Waals surface area contributed by atoms with E-state index in [1.165, 1.54) is 12.3 Å². The number of nitrogens with one attached hydrogen (secondary N) is 2. The van der Waals surface area contributed by atoms with Gasteiger partial charge in [0, 0.05) is 24.7 Å². The molecule has 0 saturated heterocycles. The lowest BCUT2D eigenvalue weighted by atomic mass is 10.2. The number of sulfonamides is 1. The highest BCUT2D eigenvalue weighted by atomic mass is 32.2. The SMILES string of the molecule is COCc1cccc(NS(=O)(=O)c2c[nH]c(CO)c2)c1. The zero-order valence-corrected chi connectivity index (χ0v) is 11.8. The zero-order chi connectivity index (χ0) is 14.6. The number of ether oxygens (including phenoxy) is 1. The van der Waals surface area contributed by atoms with Crippen LogP contribution in [0, 0.1) is 0 Å².